The summed E-state index contributed by atoms with van der Waals surface area (Å²) in [6.45, 7) is 0.454. The van der Waals surface area contributed by atoms with Crippen molar-refractivity contribution in [2.24, 2.45) is 5.73 Å². The molecule has 1 aromatic rings. The maximum atomic E-state index is 13.2. The van der Waals surface area contributed by atoms with Crippen LogP contribution in [0.25, 0.3) is 0 Å². The summed E-state index contributed by atoms with van der Waals surface area (Å²) >= 11 is 0. The second-order valence-corrected chi connectivity index (χ2v) is 5.50. The van der Waals surface area contributed by atoms with Gasteiger partial charge in [0.05, 0.1) is 12.1 Å². The highest BCUT2D eigenvalue weighted by molar-refractivity contribution is 5.85. The standard InChI is InChI=1S/C15H19FN2O2.ClH/c16-10-2-4-12-9(7-10)1-5-13(12)18-15(19)14-6-3-11(8-17)20-14;/h2,4,7,11,13-14H,1,3,5-6,8,17H2,(H,18,19);1H/t11-,13?,14+;/m1./s1. The van der Waals surface area contributed by atoms with Crippen molar-refractivity contribution in [3.8, 4) is 0 Å². The second-order valence-electron chi connectivity index (χ2n) is 5.50. The molecule has 3 N–H and O–H groups in total. The number of rotatable bonds is 3. The van der Waals surface area contributed by atoms with Crippen LogP contribution in [0.15, 0.2) is 18.2 Å². The lowest BCUT2D eigenvalue weighted by molar-refractivity contribution is -0.132. The Bertz CT molecular complexity index is 526. The Balaban J connectivity index is 0.00000161. The molecular weight excluding hydrogens is 295 g/mol. The number of carbonyl (C=O) groups excluding carboxylic acids is 1. The molecule has 1 saturated heterocycles. The highest BCUT2D eigenvalue weighted by Crippen LogP contribution is 2.32. The summed E-state index contributed by atoms with van der Waals surface area (Å²) in [6.07, 6.45) is 2.77. The van der Waals surface area contributed by atoms with Crippen LogP contribution in [0.1, 0.15) is 36.4 Å². The number of aryl methyl sites for hydroxylation is 1. The molecule has 4 nitrogen and oxygen atoms in total. The van der Waals surface area contributed by atoms with Crippen molar-refractivity contribution >= 4 is 18.3 Å². The topological polar surface area (TPSA) is 64.4 Å². The Kier molecular flexibility index (Phi) is 5.19. The van der Waals surface area contributed by atoms with Crippen molar-refractivity contribution < 1.29 is 13.9 Å². The summed E-state index contributed by atoms with van der Waals surface area (Å²) in [5, 5.41) is 3.01. The molecule has 3 rings (SSSR count). The first-order valence-electron chi connectivity index (χ1n) is 7.11. The summed E-state index contributed by atoms with van der Waals surface area (Å²) in [5.74, 6) is -0.302. The maximum Gasteiger partial charge on any atom is 0.249 e. The molecule has 0 spiro atoms. The maximum absolute atomic E-state index is 13.2. The van der Waals surface area contributed by atoms with Crippen molar-refractivity contribution in [3.63, 3.8) is 0 Å². The minimum Gasteiger partial charge on any atom is -0.364 e. The molecule has 1 aliphatic carbocycles. The molecule has 2 aliphatic rings. The number of hydrogen-bond donors (Lipinski definition) is 2. The third kappa shape index (κ3) is 3.36. The Morgan fingerprint density at radius 1 is 1.38 bits per heavy atom. The number of fused-ring (bicyclic) bond motifs is 1. The number of amides is 1. The third-order valence-electron chi connectivity index (χ3n) is 4.16. The van der Waals surface area contributed by atoms with Crippen LogP contribution in [0.2, 0.25) is 0 Å². The summed E-state index contributed by atoms with van der Waals surface area (Å²) in [5.41, 5.74) is 7.55. The summed E-state index contributed by atoms with van der Waals surface area (Å²) in [6, 6.07) is 4.73. The molecule has 3 atom stereocenters. The van der Waals surface area contributed by atoms with Crippen molar-refractivity contribution in [2.45, 2.75) is 43.9 Å². The second kappa shape index (κ2) is 6.73. The molecule has 1 heterocycles. The van der Waals surface area contributed by atoms with Gasteiger partial charge in [-0.05, 0) is 48.9 Å². The van der Waals surface area contributed by atoms with Crippen LogP contribution in [0.5, 0.6) is 0 Å². The van der Waals surface area contributed by atoms with Gasteiger partial charge in [0.15, 0.2) is 0 Å². The van der Waals surface area contributed by atoms with E-state index in [1.54, 1.807) is 12.1 Å². The molecule has 0 aromatic heterocycles. The molecule has 0 radical (unpaired) electrons. The van der Waals surface area contributed by atoms with Gasteiger partial charge in [-0.3, -0.25) is 4.79 Å². The first kappa shape index (κ1) is 16.2. The normalized spacial score (nSPS) is 27.0. The van der Waals surface area contributed by atoms with E-state index in [9.17, 15) is 9.18 Å². The van der Waals surface area contributed by atoms with E-state index in [2.05, 4.69) is 5.32 Å². The van der Waals surface area contributed by atoms with Gasteiger partial charge in [-0.2, -0.15) is 0 Å². The molecule has 1 aromatic carbocycles. The van der Waals surface area contributed by atoms with Crippen LogP contribution in [-0.2, 0) is 16.0 Å². The zero-order valence-electron chi connectivity index (χ0n) is 11.7. The van der Waals surface area contributed by atoms with Crippen LogP contribution in [0, 0.1) is 5.82 Å². The van der Waals surface area contributed by atoms with Crippen molar-refractivity contribution in [2.75, 3.05) is 6.54 Å². The van der Waals surface area contributed by atoms with E-state index in [0.29, 0.717) is 6.54 Å². The van der Waals surface area contributed by atoms with E-state index < -0.39 is 6.10 Å². The summed E-state index contributed by atoms with van der Waals surface area (Å²) in [4.78, 5) is 12.2. The van der Waals surface area contributed by atoms with Crippen LogP contribution in [0.3, 0.4) is 0 Å². The van der Waals surface area contributed by atoms with E-state index in [4.69, 9.17) is 10.5 Å². The van der Waals surface area contributed by atoms with E-state index in [1.165, 1.54) is 6.07 Å². The third-order valence-corrected chi connectivity index (χ3v) is 4.16. The van der Waals surface area contributed by atoms with E-state index in [1.807, 2.05) is 0 Å². The Hall–Kier alpha value is -1.17. The number of nitrogens with two attached hydrogens (primary N) is 1. The number of carbonyl (C=O) groups is 1. The Morgan fingerprint density at radius 3 is 2.90 bits per heavy atom. The fourth-order valence-corrected chi connectivity index (χ4v) is 3.07. The Morgan fingerprint density at radius 2 is 2.19 bits per heavy atom. The quantitative estimate of drug-likeness (QED) is 0.895. The number of benzene rings is 1. The zero-order chi connectivity index (χ0) is 14.1. The first-order chi connectivity index (χ1) is 9.67. The lowest BCUT2D eigenvalue weighted by Crippen LogP contribution is -2.37. The number of hydrogen-bond acceptors (Lipinski definition) is 3. The lowest BCUT2D eigenvalue weighted by atomic mass is 10.1. The lowest BCUT2D eigenvalue weighted by Gasteiger charge is -2.18. The van der Waals surface area contributed by atoms with Crippen LogP contribution in [0.4, 0.5) is 4.39 Å². The number of ether oxygens (including phenoxy) is 1. The summed E-state index contributed by atoms with van der Waals surface area (Å²) in [7, 11) is 0. The molecule has 6 heteroatoms. The monoisotopic (exact) mass is 314 g/mol. The first-order valence-corrected chi connectivity index (χ1v) is 7.11. The molecule has 1 fully saturated rings. The molecule has 1 amide bonds. The van der Waals surface area contributed by atoms with Crippen LogP contribution < -0.4 is 11.1 Å². The zero-order valence-corrected chi connectivity index (χ0v) is 12.5. The van der Waals surface area contributed by atoms with Gasteiger partial charge in [-0.1, -0.05) is 6.07 Å². The van der Waals surface area contributed by atoms with Gasteiger partial charge in [-0.15, -0.1) is 12.4 Å². The molecule has 21 heavy (non-hydrogen) atoms. The minimum atomic E-state index is -0.395. The van der Waals surface area contributed by atoms with Gasteiger partial charge in [0, 0.05) is 6.54 Å². The van der Waals surface area contributed by atoms with Crippen LogP contribution in [-0.4, -0.2) is 24.7 Å². The molecule has 1 aliphatic heterocycles. The van der Waals surface area contributed by atoms with Crippen molar-refractivity contribution in [3.05, 3.63) is 35.1 Å². The Labute approximate surface area is 129 Å². The average Bonchev–Trinajstić information content (AvgIpc) is 3.05. The van der Waals surface area contributed by atoms with E-state index >= 15 is 0 Å². The predicted molar refractivity (Wildman–Crippen MR) is 79.8 cm³/mol. The molecule has 1 unspecified atom stereocenters. The smallest absolute Gasteiger partial charge is 0.249 e. The highest BCUT2D eigenvalue weighted by Gasteiger charge is 2.32. The fourth-order valence-electron chi connectivity index (χ4n) is 3.07. The van der Waals surface area contributed by atoms with Gasteiger partial charge in [-0.25, -0.2) is 4.39 Å². The molecular formula is C15H20ClFN2O2. The van der Waals surface area contributed by atoms with Gasteiger partial charge in [0.2, 0.25) is 5.91 Å². The molecule has 0 saturated carbocycles. The number of halogens is 2. The van der Waals surface area contributed by atoms with Gasteiger partial charge in [0.25, 0.3) is 0 Å². The van der Waals surface area contributed by atoms with Gasteiger partial charge in [0.1, 0.15) is 11.9 Å². The van der Waals surface area contributed by atoms with Gasteiger partial charge < -0.3 is 15.8 Å². The van der Waals surface area contributed by atoms with Gasteiger partial charge >= 0.3 is 0 Å². The fraction of sp³-hybridized carbons (Fsp3) is 0.533. The molecule has 116 valence electrons. The highest BCUT2D eigenvalue weighted by atomic mass is 35.5. The van der Waals surface area contributed by atoms with Crippen molar-refractivity contribution in [1.82, 2.24) is 5.32 Å². The largest absolute Gasteiger partial charge is 0.364 e. The number of nitrogens with one attached hydrogen (secondary N) is 1. The predicted octanol–water partition coefficient (Wildman–Crippen LogP) is 1.86. The summed E-state index contributed by atoms with van der Waals surface area (Å²) < 4.78 is 18.8. The van der Waals surface area contributed by atoms with Crippen molar-refractivity contribution in [1.29, 1.82) is 0 Å². The minimum absolute atomic E-state index is 0. The van der Waals surface area contributed by atoms with E-state index in [-0.39, 0.29) is 36.3 Å². The molecule has 0 bridgehead atoms. The van der Waals surface area contributed by atoms with Crippen LogP contribution >= 0.6 is 12.4 Å². The average molecular weight is 315 g/mol. The SMILES string of the molecule is Cl.NC[C@H]1CC[C@@H](C(=O)NC2CCc3cc(F)ccc32)O1. The van der Waals surface area contributed by atoms with E-state index in [0.717, 1.165) is 36.8 Å².